The number of para-hydroxylation sites is 1. The molecule has 0 aromatic heterocycles. The van der Waals surface area contributed by atoms with Crippen molar-refractivity contribution in [3.63, 3.8) is 0 Å². The summed E-state index contributed by atoms with van der Waals surface area (Å²) < 4.78 is 0. The zero-order valence-corrected chi connectivity index (χ0v) is 16.1. The van der Waals surface area contributed by atoms with Gasteiger partial charge in [0.25, 0.3) is 5.69 Å². The van der Waals surface area contributed by atoms with Crippen LogP contribution in [0.25, 0.3) is 0 Å². The number of non-ortho nitro benzene ring substituents is 1. The van der Waals surface area contributed by atoms with Crippen LogP contribution in [0.15, 0.2) is 54.6 Å². The van der Waals surface area contributed by atoms with E-state index in [1.165, 1.54) is 12.1 Å². The quantitative estimate of drug-likeness (QED) is 0.595. The monoisotopic (exact) mass is 397 g/mol. The lowest BCUT2D eigenvalue weighted by atomic mass is 10.2. The summed E-state index contributed by atoms with van der Waals surface area (Å²) in [5, 5.41) is 16.1. The number of benzene rings is 2. The molecule has 29 heavy (non-hydrogen) atoms. The second-order valence-corrected chi connectivity index (χ2v) is 6.77. The SMILES string of the molecule is CC(NC(=O)Nc1ccccc1)C(=O)N1CCN(c2ccc([N+](=O)[O-])cc2)CC1. The highest BCUT2D eigenvalue weighted by Gasteiger charge is 2.26. The Morgan fingerprint density at radius 2 is 1.62 bits per heavy atom. The molecule has 1 unspecified atom stereocenters. The molecule has 2 aromatic rings. The number of nitrogens with zero attached hydrogens (tertiary/aromatic N) is 3. The molecule has 9 heteroatoms. The van der Waals surface area contributed by atoms with E-state index in [9.17, 15) is 19.7 Å². The molecular formula is C20H23N5O4. The van der Waals surface area contributed by atoms with Crippen LogP contribution in [-0.2, 0) is 4.79 Å². The molecule has 3 rings (SSSR count). The highest BCUT2D eigenvalue weighted by Crippen LogP contribution is 2.20. The molecule has 1 fully saturated rings. The van der Waals surface area contributed by atoms with Crippen LogP contribution in [0.5, 0.6) is 0 Å². The van der Waals surface area contributed by atoms with E-state index in [0.29, 0.717) is 31.9 Å². The Hall–Kier alpha value is -3.62. The Balaban J connectivity index is 1.48. The number of carbonyl (C=O) groups is 2. The van der Waals surface area contributed by atoms with Crippen LogP contribution in [0, 0.1) is 10.1 Å². The largest absolute Gasteiger partial charge is 0.368 e. The number of nitro benzene ring substituents is 1. The Morgan fingerprint density at radius 1 is 1.00 bits per heavy atom. The number of nitrogens with one attached hydrogen (secondary N) is 2. The second kappa shape index (κ2) is 9.05. The highest BCUT2D eigenvalue weighted by atomic mass is 16.6. The van der Waals surface area contributed by atoms with Gasteiger partial charge in [0.05, 0.1) is 4.92 Å². The molecular weight excluding hydrogens is 374 g/mol. The molecule has 1 aliphatic heterocycles. The molecule has 1 saturated heterocycles. The van der Waals surface area contributed by atoms with Gasteiger partial charge in [-0.3, -0.25) is 14.9 Å². The fourth-order valence-electron chi connectivity index (χ4n) is 3.19. The normalized spacial score (nSPS) is 14.8. The lowest BCUT2D eigenvalue weighted by Gasteiger charge is -2.37. The van der Waals surface area contributed by atoms with Crippen LogP contribution in [0.4, 0.5) is 21.9 Å². The molecule has 1 atom stereocenters. The molecule has 0 saturated carbocycles. The Labute approximate surface area is 168 Å². The number of urea groups is 1. The van der Waals surface area contributed by atoms with Crippen molar-refractivity contribution in [2.24, 2.45) is 0 Å². The first-order valence-electron chi connectivity index (χ1n) is 9.35. The van der Waals surface area contributed by atoms with Crippen molar-refractivity contribution in [2.75, 3.05) is 36.4 Å². The summed E-state index contributed by atoms with van der Waals surface area (Å²) >= 11 is 0. The number of piperazine rings is 1. The van der Waals surface area contributed by atoms with Crippen molar-refractivity contribution in [2.45, 2.75) is 13.0 Å². The van der Waals surface area contributed by atoms with Crippen LogP contribution in [0.3, 0.4) is 0 Å². The van der Waals surface area contributed by atoms with Gasteiger partial charge >= 0.3 is 6.03 Å². The van der Waals surface area contributed by atoms with Gasteiger partial charge in [-0.25, -0.2) is 4.79 Å². The minimum absolute atomic E-state index is 0.0521. The van der Waals surface area contributed by atoms with E-state index in [4.69, 9.17) is 0 Å². The lowest BCUT2D eigenvalue weighted by molar-refractivity contribution is -0.384. The zero-order chi connectivity index (χ0) is 20.8. The minimum atomic E-state index is -0.648. The summed E-state index contributed by atoms with van der Waals surface area (Å²) in [7, 11) is 0. The molecule has 0 aliphatic carbocycles. The number of hydrogen-bond donors (Lipinski definition) is 2. The molecule has 0 spiro atoms. The predicted octanol–water partition coefficient (Wildman–Crippen LogP) is 2.45. The van der Waals surface area contributed by atoms with Gasteiger partial charge in [-0.1, -0.05) is 18.2 Å². The van der Waals surface area contributed by atoms with Gasteiger partial charge in [-0.2, -0.15) is 0 Å². The van der Waals surface area contributed by atoms with E-state index < -0.39 is 17.0 Å². The highest BCUT2D eigenvalue weighted by molar-refractivity contribution is 5.93. The maximum atomic E-state index is 12.6. The van der Waals surface area contributed by atoms with Crippen LogP contribution < -0.4 is 15.5 Å². The third-order valence-corrected chi connectivity index (χ3v) is 4.77. The van der Waals surface area contributed by atoms with Crippen molar-refractivity contribution in [3.8, 4) is 0 Å². The van der Waals surface area contributed by atoms with E-state index in [2.05, 4.69) is 15.5 Å². The standard InChI is InChI=1S/C20H23N5O4/c1-15(21-20(27)22-16-5-3-2-4-6-16)19(26)24-13-11-23(12-14-24)17-7-9-18(10-8-17)25(28)29/h2-10,15H,11-14H2,1H3,(H2,21,22,27). The molecule has 3 amide bonds. The molecule has 9 nitrogen and oxygen atoms in total. The minimum Gasteiger partial charge on any atom is -0.368 e. The Bertz CT molecular complexity index is 864. The summed E-state index contributed by atoms with van der Waals surface area (Å²) in [5.74, 6) is -0.142. The van der Waals surface area contributed by atoms with E-state index in [-0.39, 0.29) is 11.6 Å². The number of carbonyl (C=O) groups excluding carboxylic acids is 2. The summed E-state index contributed by atoms with van der Waals surface area (Å²) in [6, 6.07) is 14.3. The summed E-state index contributed by atoms with van der Waals surface area (Å²) in [6.45, 7) is 3.93. The van der Waals surface area contributed by atoms with Crippen molar-refractivity contribution >= 4 is 29.0 Å². The number of anilines is 2. The molecule has 1 heterocycles. The van der Waals surface area contributed by atoms with Gasteiger partial charge in [0.1, 0.15) is 6.04 Å². The second-order valence-electron chi connectivity index (χ2n) is 6.77. The van der Waals surface area contributed by atoms with Crippen LogP contribution in [-0.4, -0.2) is 54.0 Å². The van der Waals surface area contributed by atoms with Gasteiger partial charge in [0, 0.05) is 49.7 Å². The van der Waals surface area contributed by atoms with E-state index in [1.54, 1.807) is 36.1 Å². The molecule has 152 valence electrons. The molecule has 2 aromatic carbocycles. The van der Waals surface area contributed by atoms with E-state index in [0.717, 1.165) is 5.69 Å². The molecule has 0 radical (unpaired) electrons. The summed E-state index contributed by atoms with van der Waals surface area (Å²) in [5.41, 5.74) is 1.59. The van der Waals surface area contributed by atoms with Gasteiger partial charge in [0.15, 0.2) is 0 Å². The topological polar surface area (TPSA) is 108 Å². The van der Waals surface area contributed by atoms with Crippen molar-refractivity contribution in [1.29, 1.82) is 0 Å². The van der Waals surface area contributed by atoms with Gasteiger partial charge in [-0.15, -0.1) is 0 Å². The first kappa shape index (κ1) is 20.1. The summed E-state index contributed by atoms with van der Waals surface area (Å²) in [6.07, 6.45) is 0. The smallest absolute Gasteiger partial charge is 0.319 e. The first-order valence-corrected chi connectivity index (χ1v) is 9.35. The van der Waals surface area contributed by atoms with E-state index >= 15 is 0 Å². The predicted molar refractivity (Wildman–Crippen MR) is 110 cm³/mol. The number of nitro groups is 1. The van der Waals surface area contributed by atoms with Crippen LogP contribution >= 0.6 is 0 Å². The maximum absolute atomic E-state index is 12.6. The Morgan fingerprint density at radius 3 is 2.21 bits per heavy atom. The fraction of sp³-hybridized carbons (Fsp3) is 0.300. The van der Waals surface area contributed by atoms with Gasteiger partial charge in [-0.05, 0) is 31.2 Å². The third-order valence-electron chi connectivity index (χ3n) is 4.77. The average Bonchev–Trinajstić information content (AvgIpc) is 2.74. The van der Waals surface area contributed by atoms with Crippen molar-refractivity contribution in [3.05, 3.63) is 64.7 Å². The Kier molecular flexibility index (Phi) is 6.28. The number of amides is 3. The third kappa shape index (κ3) is 5.22. The lowest BCUT2D eigenvalue weighted by Crippen LogP contribution is -2.54. The van der Waals surface area contributed by atoms with E-state index in [1.807, 2.05) is 18.2 Å². The first-order chi connectivity index (χ1) is 13.9. The van der Waals surface area contributed by atoms with Gasteiger partial charge in [0.2, 0.25) is 5.91 Å². The van der Waals surface area contributed by atoms with Crippen LogP contribution in [0.1, 0.15) is 6.92 Å². The fourth-order valence-corrected chi connectivity index (χ4v) is 3.19. The number of rotatable bonds is 5. The van der Waals surface area contributed by atoms with Gasteiger partial charge < -0.3 is 20.4 Å². The number of hydrogen-bond acceptors (Lipinski definition) is 5. The molecule has 0 bridgehead atoms. The summed E-state index contributed by atoms with van der Waals surface area (Å²) in [4.78, 5) is 38.8. The maximum Gasteiger partial charge on any atom is 0.319 e. The average molecular weight is 397 g/mol. The van der Waals surface area contributed by atoms with Crippen molar-refractivity contribution < 1.29 is 14.5 Å². The van der Waals surface area contributed by atoms with Crippen LogP contribution in [0.2, 0.25) is 0 Å². The van der Waals surface area contributed by atoms with Crippen molar-refractivity contribution in [1.82, 2.24) is 10.2 Å². The zero-order valence-electron chi connectivity index (χ0n) is 16.1. The molecule has 1 aliphatic rings. The molecule has 2 N–H and O–H groups in total.